The monoisotopic (exact) mass is 427 g/mol. The number of aliphatic carboxylic acids is 1. The SMILES string of the molecule is O=C(N[C@H](CCO)C(=O)O)c1cc(I)ccc1Br. The normalized spacial score (nSPS) is 11.9. The molecule has 0 fully saturated rings. The molecule has 18 heavy (non-hydrogen) atoms. The number of carbonyl (C=O) groups is 2. The van der Waals surface area contributed by atoms with Crippen molar-refractivity contribution in [3.05, 3.63) is 31.8 Å². The second-order valence-corrected chi connectivity index (χ2v) is 5.60. The molecule has 1 aromatic carbocycles. The van der Waals surface area contributed by atoms with Gasteiger partial charge in [0.1, 0.15) is 6.04 Å². The van der Waals surface area contributed by atoms with Crippen LogP contribution in [0.1, 0.15) is 16.8 Å². The first-order valence-corrected chi connectivity index (χ1v) is 6.92. The van der Waals surface area contributed by atoms with Crippen LogP contribution in [0.15, 0.2) is 22.7 Å². The Hall–Kier alpha value is -0.670. The predicted octanol–water partition coefficient (Wildman–Crippen LogP) is 1.62. The fraction of sp³-hybridized carbons (Fsp3) is 0.273. The number of carboxylic acids is 1. The van der Waals surface area contributed by atoms with E-state index in [9.17, 15) is 9.59 Å². The van der Waals surface area contributed by atoms with Gasteiger partial charge in [-0.05, 0) is 56.7 Å². The first-order valence-electron chi connectivity index (χ1n) is 5.05. The number of benzene rings is 1. The summed E-state index contributed by atoms with van der Waals surface area (Å²) in [4.78, 5) is 22.8. The predicted molar refractivity (Wildman–Crippen MR) is 77.5 cm³/mol. The molecule has 0 bridgehead atoms. The molecule has 0 spiro atoms. The zero-order chi connectivity index (χ0) is 13.7. The zero-order valence-electron chi connectivity index (χ0n) is 9.19. The number of rotatable bonds is 5. The van der Waals surface area contributed by atoms with Gasteiger partial charge >= 0.3 is 5.97 Å². The van der Waals surface area contributed by atoms with E-state index in [2.05, 4.69) is 43.8 Å². The van der Waals surface area contributed by atoms with E-state index in [0.717, 1.165) is 3.57 Å². The van der Waals surface area contributed by atoms with Crippen LogP contribution in [0.2, 0.25) is 0 Å². The van der Waals surface area contributed by atoms with Gasteiger partial charge in [-0.2, -0.15) is 0 Å². The molecule has 1 atom stereocenters. The largest absolute Gasteiger partial charge is 0.480 e. The van der Waals surface area contributed by atoms with E-state index >= 15 is 0 Å². The van der Waals surface area contributed by atoms with Crippen LogP contribution in [-0.2, 0) is 4.79 Å². The standard InChI is InChI=1S/C11H11BrINO4/c12-8-2-1-6(13)5-7(8)10(16)14-9(3-4-15)11(17)18/h1-2,5,9,15H,3-4H2,(H,14,16)(H,17,18)/t9-/m1/s1. The average molecular weight is 428 g/mol. The fourth-order valence-electron chi connectivity index (χ4n) is 1.29. The van der Waals surface area contributed by atoms with Gasteiger partial charge in [-0.3, -0.25) is 4.79 Å². The highest BCUT2D eigenvalue weighted by Gasteiger charge is 2.21. The maximum Gasteiger partial charge on any atom is 0.326 e. The molecule has 98 valence electrons. The first-order chi connectivity index (χ1) is 8.45. The highest BCUT2D eigenvalue weighted by Crippen LogP contribution is 2.19. The third-order valence-electron chi connectivity index (χ3n) is 2.19. The Morgan fingerprint density at radius 3 is 2.67 bits per heavy atom. The van der Waals surface area contributed by atoms with Crippen molar-refractivity contribution < 1.29 is 19.8 Å². The van der Waals surface area contributed by atoms with Gasteiger partial charge in [0, 0.05) is 21.1 Å². The minimum absolute atomic E-state index is 0.0252. The molecular formula is C11H11BrINO4. The van der Waals surface area contributed by atoms with Crippen molar-refractivity contribution in [3.8, 4) is 0 Å². The molecule has 0 aliphatic carbocycles. The quantitative estimate of drug-likeness (QED) is 0.623. The van der Waals surface area contributed by atoms with Crippen molar-refractivity contribution in [2.24, 2.45) is 0 Å². The van der Waals surface area contributed by atoms with Crippen LogP contribution >= 0.6 is 38.5 Å². The van der Waals surface area contributed by atoms with E-state index < -0.39 is 17.9 Å². The lowest BCUT2D eigenvalue weighted by Gasteiger charge is -2.14. The van der Waals surface area contributed by atoms with E-state index in [1.54, 1.807) is 12.1 Å². The van der Waals surface area contributed by atoms with Gasteiger partial charge in [0.25, 0.3) is 5.91 Å². The third kappa shape index (κ3) is 4.21. The van der Waals surface area contributed by atoms with Crippen LogP contribution in [0.5, 0.6) is 0 Å². The van der Waals surface area contributed by atoms with Gasteiger partial charge in [0.2, 0.25) is 0 Å². The number of aliphatic hydroxyl groups excluding tert-OH is 1. The van der Waals surface area contributed by atoms with Gasteiger partial charge in [-0.1, -0.05) is 0 Å². The number of amides is 1. The van der Waals surface area contributed by atoms with Gasteiger partial charge in [0.15, 0.2) is 0 Å². The summed E-state index contributed by atoms with van der Waals surface area (Å²) in [5.74, 6) is -1.65. The lowest BCUT2D eigenvalue weighted by Crippen LogP contribution is -2.41. The molecule has 0 aliphatic rings. The Bertz CT molecular complexity index is 466. The molecular weight excluding hydrogens is 417 g/mol. The summed E-state index contributed by atoms with van der Waals surface area (Å²) in [5.41, 5.74) is 0.367. The summed E-state index contributed by atoms with van der Waals surface area (Å²) < 4.78 is 1.46. The lowest BCUT2D eigenvalue weighted by molar-refractivity contribution is -0.139. The van der Waals surface area contributed by atoms with E-state index in [-0.39, 0.29) is 13.0 Å². The molecule has 0 heterocycles. The summed E-state index contributed by atoms with van der Waals surface area (Å²) in [5, 5.41) is 20.0. The van der Waals surface area contributed by atoms with Crippen LogP contribution in [0.4, 0.5) is 0 Å². The molecule has 0 aliphatic heterocycles. The summed E-state index contributed by atoms with van der Waals surface area (Å²) in [6.45, 7) is -0.301. The number of hydrogen-bond donors (Lipinski definition) is 3. The molecule has 1 amide bonds. The summed E-state index contributed by atoms with van der Waals surface area (Å²) in [6, 6.07) is 4.10. The van der Waals surface area contributed by atoms with Crippen LogP contribution in [0, 0.1) is 3.57 Å². The minimum Gasteiger partial charge on any atom is -0.480 e. The second-order valence-electron chi connectivity index (χ2n) is 3.50. The Balaban J connectivity index is 2.86. The highest BCUT2D eigenvalue weighted by atomic mass is 127. The third-order valence-corrected chi connectivity index (χ3v) is 3.56. The number of carboxylic acid groups (broad SMARTS) is 1. The number of nitrogens with one attached hydrogen (secondary N) is 1. The van der Waals surface area contributed by atoms with Gasteiger partial charge < -0.3 is 15.5 Å². The minimum atomic E-state index is -1.17. The van der Waals surface area contributed by atoms with E-state index in [1.807, 2.05) is 6.07 Å². The smallest absolute Gasteiger partial charge is 0.326 e. The molecule has 0 aromatic heterocycles. The van der Waals surface area contributed by atoms with Crippen LogP contribution in [0.25, 0.3) is 0 Å². The Morgan fingerprint density at radius 1 is 1.44 bits per heavy atom. The summed E-state index contributed by atoms with van der Waals surface area (Å²) in [7, 11) is 0. The van der Waals surface area contributed by atoms with Gasteiger partial charge in [-0.15, -0.1) is 0 Å². The maximum absolute atomic E-state index is 11.9. The number of aliphatic hydroxyl groups is 1. The summed E-state index contributed by atoms with van der Waals surface area (Å²) >= 11 is 5.30. The van der Waals surface area contributed by atoms with E-state index in [4.69, 9.17) is 10.2 Å². The molecule has 0 unspecified atom stereocenters. The van der Waals surface area contributed by atoms with Crippen molar-refractivity contribution in [1.29, 1.82) is 0 Å². The number of halogens is 2. The molecule has 5 nitrogen and oxygen atoms in total. The fourth-order valence-corrected chi connectivity index (χ4v) is 2.21. The zero-order valence-corrected chi connectivity index (χ0v) is 12.9. The molecule has 7 heteroatoms. The topological polar surface area (TPSA) is 86.6 Å². The van der Waals surface area contributed by atoms with Crippen LogP contribution < -0.4 is 5.32 Å². The Morgan fingerprint density at radius 2 is 2.11 bits per heavy atom. The van der Waals surface area contributed by atoms with E-state index in [0.29, 0.717) is 10.0 Å². The average Bonchev–Trinajstić information content (AvgIpc) is 2.31. The van der Waals surface area contributed by atoms with Crippen molar-refractivity contribution in [1.82, 2.24) is 5.32 Å². The Labute approximate surface area is 126 Å². The van der Waals surface area contributed by atoms with Crippen LogP contribution in [-0.4, -0.2) is 34.7 Å². The molecule has 0 saturated heterocycles. The van der Waals surface area contributed by atoms with Crippen molar-refractivity contribution in [3.63, 3.8) is 0 Å². The van der Waals surface area contributed by atoms with Crippen molar-refractivity contribution in [2.45, 2.75) is 12.5 Å². The first kappa shape index (κ1) is 15.4. The van der Waals surface area contributed by atoms with Crippen LogP contribution in [0.3, 0.4) is 0 Å². The van der Waals surface area contributed by atoms with Gasteiger partial charge in [-0.25, -0.2) is 4.79 Å². The number of carbonyl (C=O) groups excluding carboxylic acids is 1. The molecule has 0 saturated carbocycles. The molecule has 1 aromatic rings. The molecule has 1 rings (SSSR count). The Kier molecular flexibility index (Phi) is 6.03. The number of hydrogen-bond acceptors (Lipinski definition) is 3. The summed E-state index contributed by atoms with van der Waals surface area (Å²) in [6.07, 6.45) is -0.0252. The van der Waals surface area contributed by atoms with E-state index in [1.165, 1.54) is 0 Å². The lowest BCUT2D eigenvalue weighted by atomic mass is 10.1. The van der Waals surface area contributed by atoms with Crippen molar-refractivity contribution in [2.75, 3.05) is 6.61 Å². The maximum atomic E-state index is 11.9. The second kappa shape index (κ2) is 7.05. The van der Waals surface area contributed by atoms with Crippen molar-refractivity contribution >= 4 is 50.4 Å². The van der Waals surface area contributed by atoms with Gasteiger partial charge in [0.05, 0.1) is 5.56 Å². The highest BCUT2D eigenvalue weighted by molar-refractivity contribution is 14.1. The molecule has 0 radical (unpaired) electrons. The molecule has 3 N–H and O–H groups in total.